The summed E-state index contributed by atoms with van der Waals surface area (Å²) in [5.41, 5.74) is 2.46. The Bertz CT molecular complexity index is 966. The molecule has 1 amide bonds. The molecule has 1 N–H and O–H groups in total. The van der Waals surface area contributed by atoms with Gasteiger partial charge in [-0.25, -0.2) is 8.42 Å². The lowest BCUT2D eigenvalue weighted by Gasteiger charge is -2.33. The van der Waals surface area contributed by atoms with E-state index in [1.54, 1.807) is 29.2 Å². The van der Waals surface area contributed by atoms with Gasteiger partial charge in [-0.2, -0.15) is 0 Å². The van der Waals surface area contributed by atoms with Crippen molar-refractivity contribution in [2.24, 2.45) is 0 Å². The number of anilines is 1. The molecule has 0 saturated carbocycles. The van der Waals surface area contributed by atoms with E-state index >= 15 is 0 Å². The standard InChI is InChI=1S/C20H23NO4S/c1-4-14-8-9-15(12-18(14)26(3,24)25)20(23)21-11-10-13(2)16-6-5-7-17(22)19(16)21/h5-9,12-13,22H,4,10-11H2,1-3H3. The molecule has 6 heteroatoms. The van der Waals surface area contributed by atoms with Crippen LogP contribution in [0.5, 0.6) is 5.75 Å². The van der Waals surface area contributed by atoms with Crippen molar-refractivity contribution < 1.29 is 18.3 Å². The lowest BCUT2D eigenvalue weighted by molar-refractivity contribution is 0.0983. The van der Waals surface area contributed by atoms with Gasteiger partial charge in [-0.05, 0) is 48.1 Å². The lowest BCUT2D eigenvalue weighted by atomic mass is 9.90. The van der Waals surface area contributed by atoms with E-state index in [1.165, 1.54) is 6.07 Å². The van der Waals surface area contributed by atoms with Crippen LogP contribution < -0.4 is 4.90 Å². The summed E-state index contributed by atoms with van der Waals surface area (Å²) in [6, 6.07) is 10.1. The summed E-state index contributed by atoms with van der Waals surface area (Å²) in [6.45, 7) is 4.43. The van der Waals surface area contributed by atoms with Crippen LogP contribution in [0, 0.1) is 0 Å². The Balaban J connectivity index is 2.08. The van der Waals surface area contributed by atoms with E-state index in [9.17, 15) is 18.3 Å². The van der Waals surface area contributed by atoms with Crippen molar-refractivity contribution in [1.82, 2.24) is 0 Å². The van der Waals surface area contributed by atoms with Crippen LogP contribution in [0.15, 0.2) is 41.3 Å². The molecule has 5 nitrogen and oxygen atoms in total. The highest BCUT2D eigenvalue weighted by Gasteiger charge is 2.30. The normalized spacial score (nSPS) is 17.0. The number of carbonyl (C=O) groups is 1. The second-order valence-corrected chi connectivity index (χ2v) is 8.79. The molecule has 0 spiro atoms. The molecule has 138 valence electrons. The predicted octanol–water partition coefficient (Wildman–Crippen LogP) is 3.51. The molecule has 0 radical (unpaired) electrons. The first-order chi connectivity index (χ1) is 12.2. The zero-order valence-corrected chi connectivity index (χ0v) is 16.0. The fourth-order valence-corrected chi connectivity index (χ4v) is 4.54. The van der Waals surface area contributed by atoms with Crippen LogP contribution in [-0.2, 0) is 16.3 Å². The van der Waals surface area contributed by atoms with Crippen LogP contribution in [0.25, 0.3) is 0 Å². The van der Waals surface area contributed by atoms with E-state index in [0.29, 0.717) is 29.8 Å². The van der Waals surface area contributed by atoms with Gasteiger partial charge in [-0.1, -0.05) is 32.0 Å². The molecule has 1 unspecified atom stereocenters. The maximum Gasteiger partial charge on any atom is 0.258 e. The summed E-state index contributed by atoms with van der Waals surface area (Å²) < 4.78 is 24.2. The van der Waals surface area contributed by atoms with Crippen LogP contribution in [0.3, 0.4) is 0 Å². The second kappa shape index (κ2) is 6.76. The molecule has 0 bridgehead atoms. The largest absolute Gasteiger partial charge is 0.506 e. The van der Waals surface area contributed by atoms with Gasteiger partial charge >= 0.3 is 0 Å². The summed E-state index contributed by atoms with van der Waals surface area (Å²) in [5.74, 6) is 0.0123. The fraction of sp³-hybridized carbons (Fsp3) is 0.350. The van der Waals surface area contributed by atoms with E-state index in [0.717, 1.165) is 18.2 Å². The van der Waals surface area contributed by atoms with Gasteiger partial charge in [0.2, 0.25) is 0 Å². The Labute approximate surface area is 154 Å². The minimum atomic E-state index is -3.43. The zero-order valence-electron chi connectivity index (χ0n) is 15.2. The van der Waals surface area contributed by atoms with Crippen molar-refractivity contribution in [3.8, 4) is 5.75 Å². The molecule has 1 heterocycles. The number of nitrogens with zero attached hydrogens (tertiary/aromatic N) is 1. The van der Waals surface area contributed by atoms with Gasteiger partial charge in [0, 0.05) is 18.4 Å². The molecular formula is C20H23NO4S. The third-order valence-electron chi connectivity index (χ3n) is 4.97. The zero-order chi connectivity index (χ0) is 19.1. The van der Waals surface area contributed by atoms with E-state index in [4.69, 9.17) is 0 Å². The Hall–Kier alpha value is -2.34. The number of hydrogen-bond donors (Lipinski definition) is 1. The number of amides is 1. The van der Waals surface area contributed by atoms with Gasteiger partial charge < -0.3 is 10.0 Å². The van der Waals surface area contributed by atoms with Crippen LogP contribution in [-0.4, -0.2) is 32.2 Å². The third kappa shape index (κ3) is 3.21. The quantitative estimate of drug-likeness (QED) is 0.893. The van der Waals surface area contributed by atoms with E-state index < -0.39 is 9.84 Å². The number of hydrogen-bond acceptors (Lipinski definition) is 4. The molecule has 0 aliphatic carbocycles. The highest BCUT2D eigenvalue weighted by Crippen LogP contribution is 2.41. The van der Waals surface area contributed by atoms with E-state index in [2.05, 4.69) is 6.92 Å². The number of carbonyl (C=O) groups excluding carboxylic acids is 1. The molecule has 0 aromatic heterocycles. The van der Waals surface area contributed by atoms with Crippen molar-refractivity contribution >= 4 is 21.4 Å². The summed E-state index contributed by atoms with van der Waals surface area (Å²) in [5, 5.41) is 10.3. The number of sulfone groups is 1. The van der Waals surface area contributed by atoms with Gasteiger partial charge in [-0.3, -0.25) is 4.79 Å². The van der Waals surface area contributed by atoms with Crippen LogP contribution in [0.1, 0.15) is 47.7 Å². The van der Waals surface area contributed by atoms with Gasteiger partial charge in [0.25, 0.3) is 5.91 Å². The van der Waals surface area contributed by atoms with Crippen molar-refractivity contribution in [1.29, 1.82) is 0 Å². The van der Waals surface area contributed by atoms with E-state index in [1.807, 2.05) is 13.0 Å². The number of fused-ring (bicyclic) bond motifs is 1. The number of para-hydroxylation sites is 1. The molecule has 2 aromatic rings. The molecule has 0 saturated heterocycles. The first-order valence-electron chi connectivity index (χ1n) is 8.70. The first kappa shape index (κ1) is 18.5. The topological polar surface area (TPSA) is 74.7 Å². The Morgan fingerprint density at radius 3 is 2.65 bits per heavy atom. The summed E-state index contributed by atoms with van der Waals surface area (Å²) in [7, 11) is -3.43. The first-order valence-corrected chi connectivity index (χ1v) is 10.6. The van der Waals surface area contributed by atoms with Gasteiger partial charge in [0.05, 0.1) is 10.6 Å². The summed E-state index contributed by atoms with van der Waals surface area (Å²) in [4.78, 5) is 14.9. The average molecular weight is 373 g/mol. The molecule has 2 aromatic carbocycles. The summed E-state index contributed by atoms with van der Waals surface area (Å²) >= 11 is 0. The molecule has 3 rings (SSSR count). The highest BCUT2D eigenvalue weighted by atomic mass is 32.2. The average Bonchev–Trinajstić information content (AvgIpc) is 2.61. The molecule has 26 heavy (non-hydrogen) atoms. The van der Waals surface area contributed by atoms with Gasteiger partial charge in [0.1, 0.15) is 5.75 Å². The summed E-state index contributed by atoms with van der Waals surface area (Å²) in [6.07, 6.45) is 2.51. The number of aromatic hydroxyl groups is 1. The van der Waals surface area contributed by atoms with Crippen molar-refractivity contribution in [3.63, 3.8) is 0 Å². The Kier molecular flexibility index (Phi) is 4.80. The van der Waals surface area contributed by atoms with Crippen molar-refractivity contribution in [2.45, 2.75) is 37.5 Å². The minimum absolute atomic E-state index is 0.0657. The number of phenols is 1. The van der Waals surface area contributed by atoms with E-state index in [-0.39, 0.29) is 22.5 Å². The van der Waals surface area contributed by atoms with Crippen LogP contribution >= 0.6 is 0 Å². The van der Waals surface area contributed by atoms with Gasteiger partial charge in [0.15, 0.2) is 9.84 Å². The van der Waals surface area contributed by atoms with Gasteiger partial charge in [-0.15, -0.1) is 0 Å². The number of aryl methyl sites for hydroxylation is 1. The highest BCUT2D eigenvalue weighted by molar-refractivity contribution is 7.90. The maximum absolute atomic E-state index is 13.1. The smallest absolute Gasteiger partial charge is 0.258 e. The molecule has 1 aliphatic heterocycles. The fourth-order valence-electron chi connectivity index (χ4n) is 3.51. The molecular weight excluding hydrogens is 350 g/mol. The minimum Gasteiger partial charge on any atom is -0.506 e. The molecule has 1 atom stereocenters. The molecule has 1 aliphatic rings. The second-order valence-electron chi connectivity index (χ2n) is 6.81. The number of benzene rings is 2. The van der Waals surface area contributed by atoms with Crippen molar-refractivity contribution in [3.05, 3.63) is 53.1 Å². The number of phenolic OH excluding ortho intramolecular Hbond substituents is 1. The third-order valence-corrected chi connectivity index (χ3v) is 6.15. The Morgan fingerprint density at radius 2 is 2.00 bits per heavy atom. The van der Waals surface area contributed by atoms with Crippen LogP contribution in [0.2, 0.25) is 0 Å². The maximum atomic E-state index is 13.1. The lowest BCUT2D eigenvalue weighted by Crippen LogP contribution is -2.36. The SMILES string of the molecule is CCc1ccc(C(=O)N2CCC(C)c3cccc(O)c32)cc1S(C)(=O)=O. The van der Waals surface area contributed by atoms with Crippen molar-refractivity contribution in [2.75, 3.05) is 17.7 Å². The Morgan fingerprint density at radius 1 is 1.27 bits per heavy atom. The monoisotopic (exact) mass is 373 g/mol. The molecule has 0 fully saturated rings. The predicted molar refractivity (Wildman–Crippen MR) is 102 cm³/mol. The number of rotatable bonds is 3. The van der Waals surface area contributed by atoms with Crippen LogP contribution in [0.4, 0.5) is 5.69 Å².